The molecule has 2 amide bonds. The fraction of sp³-hybridized carbons (Fsp3) is 0.200. The van der Waals surface area contributed by atoms with E-state index in [4.69, 9.17) is 4.74 Å². The largest absolute Gasteiger partial charge is 0.495 e. The second-order valence-electron chi connectivity index (χ2n) is 7.88. The zero-order chi connectivity index (χ0) is 24.9. The number of aryl methyl sites for hydroxylation is 3. The topological polar surface area (TPSA) is 114 Å². The number of amides is 2. The number of benzene rings is 3. The molecule has 0 spiro atoms. The van der Waals surface area contributed by atoms with Crippen molar-refractivity contribution in [2.45, 2.75) is 25.7 Å². The van der Waals surface area contributed by atoms with Crippen molar-refractivity contribution < 1.29 is 22.7 Å². The van der Waals surface area contributed by atoms with Crippen molar-refractivity contribution in [2.75, 3.05) is 23.7 Å². The van der Waals surface area contributed by atoms with Gasteiger partial charge in [0, 0.05) is 11.3 Å². The van der Waals surface area contributed by atoms with Gasteiger partial charge < -0.3 is 15.4 Å². The van der Waals surface area contributed by atoms with Gasteiger partial charge in [-0.3, -0.25) is 14.3 Å². The molecule has 3 N–H and O–H groups in total. The summed E-state index contributed by atoms with van der Waals surface area (Å²) in [4.78, 5) is 25.1. The van der Waals surface area contributed by atoms with Crippen LogP contribution in [-0.4, -0.2) is 33.9 Å². The van der Waals surface area contributed by atoms with E-state index in [-0.39, 0.29) is 17.0 Å². The third-order valence-electron chi connectivity index (χ3n) is 5.11. The Balaban J connectivity index is 1.70. The fourth-order valence-corrected chi connectivity index (χ4v) is 4.30. The lowest BCUT2D eigenvalue weighted by atomic mass is 10.1. The minimum atomic E-state index is -3.91. The van der Waals surface area contributed by atoms with Crippen molar-refractivity contribution in [1.29, 1.82) is 0 Å². The maximum Gasteiger partial charge on any atom is 0.261 e. The van der Waals surface area contributed by atoms with Gasteiger partial charge in [0.2, 0.25) is 5.91 Å². The highest BCUT2D eigenvalue weighted by molar-refractivity contribution is 7.92. The molecule has 0 aliphatic rings. The molecule has 8 nitrogen and oxygen atoms in total. The Kier molecular flexibility index (Phi) is 7.57. The average molecular weight is 482 g/mol. The first-order valence-electron chi connectivity index (χ1n) is 10.5. The molecule has 3 aromatic rings. The van der Waals surface area contributed by atoms with Gasteiger partial charge in [0.05, 0.1) is 24.2 Å². The summed E-state index contributed by atoms with van der Waals surface area (Å²) in [5.41, 5.74) is 3.59. The molecule has 0 aromatic heterocycles. The summed E-state index contributed by atoms with van der Waals surface area (Å²) >= 11 is 0. The van der Waals surface area contributed by atoms with Crippen LogP contribution in [0.15, 0.2) is 65.6 Å². The SMILES string of the molecule is COc1ccc(C)cc1NC(=O)CNC(=O)c1cc(S(=O)(=O)Nc2ccc(C)cc2)ccc1C. The van der Waals surface area contributed by atoms with Gasteiger partial charge in [0.15, 0.2) is 0 Å². The van der Waals surface area contributed by atoms with Crippen LogP contribution in [0.3, 0.4) is 0 Å². The second kappa shape index (κ2) is 10.4. The van der Waals surface area contributed by atoms with Crippen LogP contribution < -0.4 is 20.1 Å². The van der Waals surface area contributed by atoms with Crippen molar-refractivity contribution in [2.24, 2.45) is 0 Å². The molecule has 0 unspecified atom stereocenters. The van der Waals surface area contributed by atoms with E-state index in [9.17, 15) is 18.0 Å². The number of sulfonamides is 1. The van der Waals surface area contributed by atoms with Crippen LogP contribution in [0, 0.1) is 20.8 Å². The van der Waals surface area contributed by atoms with Gasteiger partial charge >= 0.3 is 0 Å². The van der Waals surface area contributed by atoms with Gasteiger partial charge in [0.25, 0.3) is 15.9 Å². The Morgan fingerprint density at radius 1 is 0.882 bits per heavy atom. The molecule has 0 heterocycles. The quantitative estimate of drug-likeness (QED) is 0.453. The molecule has 9 heteroatoms. The third-order valence-corrected chi connectivity index (χ3v) is 6.49. The van der Waals surface area contributed by atoms with Crippen LogP contribution in [-0.2, 0) is 14.8 Å². The van der Waals surface area contributed by atoms with E-state index in [1.54, 1.807) is 49.4 Å². The van der Waals surface area contributed by atoms with Crippen LogP contribution in [0.4, 0.5) is 11.4 Å². The van der Waals surface area contributed by atoms with E-state index in [0.29, 0.717) is 22.7 Å². The molecule has 0 radical (unpaired) electrons. The third kappa shape index (κ3) is 6.14. The molecule has 0 bridgehead atoms. The molecule has 178 valence electrons. The van der Waals surface area contributed by atoms with Crippen LogP contribution in [0.1, 0.15) is 27.0 Å². The lowest BCUT2D eigenvalue weighted by Gasteiger charge is -2.13. The predicted molar refractivity (Wildman–Crippen MR) is 132 cm³/mol. The number of ether oxygens (including phenoxy) is 1. The Bertz CT molecular complexity index is 1320. The first-order valence-corrected chi connectivity index (χ1v) is 12.0. The number of anilines is 2. The number of methoxy groups -OCH3 is 1. The van der Waals surface area contributed by atoms with Crippen molar-refractivity contribution >= 4 is 33.2 Å². The van der Waals surface area contributed by atoms with Gasteiger partial charge in [-0.25, -0.2) is 8.42 Å². The molecule has 0 fully saturated rings. The lowest BCUT2D eigenvalue weighted by Crippen LogP contribution is -2.33. The fourth-order valence-electron chi connectivity index (χ4n) is 3.22. The first-order chi connectivity index (χ1) is 16.1. The van der Waals surface area contributed by atoms with E-state index in [0.717, 1.165) is 11.1 Å². The summed E-state index contributed by atoms with van der Waals surface area (Å²) in [5, 5.41) is 5.25. The number of rotatable bonds is 8. The molecular formula is C25H27N3O5S. The van der Waals surface area contributed by atoms with Crippen molar-refractivity contribution in [1.82, 2.24) is 5.32 Å². The molecule has 3 rings (SSSR count). The van der Waals surface area contributed by atoms with E-state index in [1.165, 1.54) is 19.2 Å². The van der Waals surface area contributed by atoms with E-state index < -0.39 is 21.8 Å². The zero-order valence-electron chi connectivity index (χ0n) is 19.4. The van der Waals surface area contributed by atoms with Gasteiger partial charge in [-0.05, 0) is 68.3 Å². The molecule has 0 saturated carbocycles. The summed E-state index contributed by atoms with van der Waals surface area (Å²) in [6.45, 7) is 5.18. The molecule has 34 heavy (non-hydrogen) atoms. The van der Waals surface area contributed by atoms with Crippen LogP contribution in [0.2, 0.25) is 0 Å². The highest BCUT2D eigenvalue weighted by Gasteiger charge is 2.19. The lowest BCUT2D eigenvalue weighted by molar-refractivity contribution is -0.115. The Morgan fingerprint density at radius 3 is 2.24 bits per heavy atom. The van der Waals surface area contributed by atoms with E-state index in [1.807, 2.05) is 19.9 Å². The van der Waals surface area contributed by atoms with Crippen molar-refractivity contribution in [3.63, 3.8) is 0 Å². The van der Waals surface area contributed by atoms with Crippen LogP contribution in [0.5, 0.6) is 5.75 Å². The minimum absolute atomic E-state index is 0.0576. The maximum atomic E-state index is 12.8. The van der Waals surface area contributed by atoms with E-state index in [2.05, 4.69) is 15.4 Å². The number of hydrogen-bond acceptors (Lipinski definition) is 5. The van der Waals surface area contributed by atoms with Crippen LogP contribution >= 0.6 is 0 Å². The molecule has 0 saturated heterocycles. The Hall–Kier alpha value is -3.85. The van der Waals surface area contributed by atoms with Gasteiger partial charge in [-0.1, -0.05) is 29.8 Å². The predicted octanol–water partition coefficient (Wildman–Crippen LogP) is 3.79. The molecule has 0 atom stereocenters. The number of hydrogen-bond donors (Lipinski definition) is 3. The molecular weight excluding hydrogens is 454 g/mol. The summed E-state index contributed by atoms with van der Waals surface area (Å²) in [6.07, 6.45) is 0. The first kappa shape index (κ1) is 24.8. The summed E-state index contributed by atoms with van der Waals surface area (Å²) in [6, 6.07) is 16.5. The van der Waals surface area contributed by atoms with E-state index >= 15 is 0 Å². The monoisotopic (exact) mass is 481 g/mol. The summed E-state index contributed by atoms with van der Waals surface area (Å²) in [7, 11) is -2.41. The molecule has 0 aliphatic carbocycles. The standard InChI is InChI=1S/C25H27N3O5S/c1-16-5-9-19(10-6-16)28-34(31,32)20-11-8-18(3)21(14-20)25(30)26-15-24(29)27-22-13-17(2)7-12-23(22)33-4/h5-14,28H,15H2,1-4H3,(H,26,30)(H,27,29). The Labute approximate surface area is 199 Å². The number of nitrogens with one attached hydrogen (secondary N) is 3. The smallest absolute Gasteiger partial charge is 0.261 e. The Morgan fingerprint density at radius 2 is 1.56 bits per heavy atom. The van der Waals surface area contributed by atoms with Crippen molar-refractivity contribution in [3.05, 3.63) is 82.9 Å². The van der Waals surface area contributed by atoms with Gasteiger partial charge in [0.1, 0.15) is 5.75 Å². The number of carbonyl (C=O) groups is 2. The number of carbonyl (C=O) groups excluding carboxylic acids is 2. The second-order valence-corrected chi connectivity index (χ2v) is 9.57. The molecule has 3 aromatic carbocycles. The maximum absolute atomic E-state index is 12.8. The highest BCUT2D eigenvalue weighted by atomic mass is 32.2. The molecule has 0 aliphatic heterocycles. The van der Waals surface area contributed by atoms with Gasteiger partial charge in [-0.2, -0.15) is 0 Å². The van der Waals surface area contributed by atoms with Gasteiger partial charge in [-0.15, -0.1) is 0 Å². The normalized spacial score (nSPS) is 10.9. The minimum Gasteiger partial charge on any atom is -0.495 e. The average Bonchev–Trinajstić information content (AvgIpc) is 2.79. The van der Waals surface area contributed by atoms with Crippen LogP contribution in [0.25, 0.3) is 0 Å². The summed E-state index contributed by atoms with van der Waals surface area (Å²) in [5.74, 6) is -0.504. The highest BCUT2D eigenvalue weighted by Crippen LogP contribution is 2.25. The summed E-state index contributed by atoms with van der Waals surface area (Å²) < 4.78 is 33.4. The zero-order valence-corrected chi connectivity index (χ0v) is 20.2. The van der Waals surface area contributed by atoms with Crippen molar-refractivity contribution in [3.8, 4) is 5.75 Å².